The Morgan fingerprint density at radius 1 is 1.41 bits per heavy atom. The van der Waals surface area contributed by atoms with Crippen LogP contribution in [0.25, 0.3) is 0 Å². The number of nitrogens with one attached hydrogen (secondary N) is 1. The average molecular weight is 320 g/mol. The zero-order valence-electron chi connectivity index (χ0n) is 12.4. The lowest BCUT2D eigenvalue weighted by Gasteiger charge is -2.33. The van der Waals surface area contributed by atoms with Gasteiger partial charge in [-0.25, -0.2) is 9.97 Å². The predicted molar refractivity (Wildman–Crippen MR) is 85.2 cm³/mol. The Morgan fingerprint density at radius 2 is 2.27 bits per heavy atom. The van der Waals surface area contributed by atoms with E-state index < -0.39 is 0 Å². The SMILES string of the molecule is Cn1cnc(C(=O)NC2CCCN(c3ccc(Cl)cn3)C2)c1. The van der Waals surface area contributed by atoms with Gasteiger partial charge >= 0.3 is 0 Å². The Kier molecular flexibility index (Phi) is 4.29. The van der Waals surface area contributed by atoms with E-state index in [0.29, 0.717) is 10.7 Å². The molecule has 2 aromatic heterocycles. The molecule has 1 aliphatic heterocycles. The monoisotopic (exact) mass is 319 g/mol. The maximum Gasteiger partial charge on any atom is 0.271 e. The molecule has 0 bridgehead atoms. The zero-order valence-corrected chi connectivity index (χ0v) is 13.1. The van der Waals surface area contributed by atoms with Crippen LogP contribution in [0.15, 0.2) is 30.9 Å². The Bertz CT molecular complexity index is 654. The van der Waals surface area contributed by atoms with Gasteiger partial charge in [0.25, 0.3) is 5.91 Å². The molecule has 1 fully saturated rings. The van der Waals surface area contributed by atoms with Gasteiger partial charge in [0.05, 0.1) is 11.3 Å². The quantitative estimate of drug-likeness (QED) is 0.938. The summed E-state index contributed by atoms with van der Waals surface area (Å²) in [7, 11) is 1.85. The van der Waals surface area contributed by atoms with Crippen molar-refractivity contribution in [3.8, 4) is 0 Å². The second kappa shape index (κ2) is 6.36. The molecule has 7 heteroatoms. The Balaban J connectivity index is 1.63. The molecule has 3 rings (SSSR count). The van der Waals surface area contributed by atoms with Gasteiger partial charge in [0.1, 0.15) is 11.5 Å². The van der Waals surface area contributed by atoms with Crippen molar-refractivity contribution >= 4 is 23.3 Å². The molecule has 0 aromatic carbocycles. The van der Waals surface area contributed by atoms with E-state index in [1.165, 1.54) is 0 Å². The number of hydrogen-bond donors (Lipinski definition) is 1. The lowest BCUT2D eigenvalue weighted by atomic mass is 10.1. The molecule has 0 saturated carbocycles. The fraction of sp³-hybridized carbons (Fsp3) is 0.400. The molecule has 22 heavy (non-hydrogen) atoms. The van der Waals surface area contributed by atoms with E-state index in [1.807, 2.05) is 19.2 Å². The fourth-order valence-electron chi connectivity index (χ4n) is 2.65. The van der Waals surface area contributed by atoms with Gasteiger partial charge < -0.3 is 14.8 Å². The smallest absolute Gasteiger partial charge is 0.271 e. The van der Waals surface area contributed by atoms with Crippen molar-refractivity contribution in [1.29, 1.82) is 0 Å². The highest BCUT2D eigenvalue weighted by atomic mass is 35.5. The van der Waals surface area contributed by atoms with Crippen LogP contribution >= 0.6 is 11.6 Å². The van der Waals surface area contributed by atoms with Gasteiger partial charge in [0.2, 0.25) is 0 Å². The number of carbonyl (C=O) groups excluding carboxylic acids is 1. The van der Waals surface area contributed by atoms with E-state index in [4.69, 9.17) is 11.6 Å². The van der Waals surface area contributed by atoms with Gasteiger partial charge in [-0.15, -0.1) is 0 Å². The summed E-state index contributed by atoms with van der Waals surface area (Å²) < 4.78 is 1.76. The Labute approximate surface area is 134 Å². The highest BCUT2D eigenvalue weighted by molar-refractivity contribution is 6.30. The number of amides is 1. The molecule has 0 spiro atoms. The largest absolute Gasteiger partial charge is 0.355 e. The van der Waals surface area contributed by atoms with Gasteiger partial charge in [-0.2, -0.15) is 0 Å². The minimum Gasteiger partial charge on any atom is -0.355 e. The van der Waals surface area contributed by atoms with Gasteiger partial charge in [0.15, 0.2) is 0 Å². The molecular weight excluding hydrogens is 302 g/mol. The molecule has 1 aliphatic rings. The third-order valence-corrected chi connectivity index (χ3v) is 3.95. The molecule has 1 unspecified atom stereocenters. The first kappa shape index (κ1) is 14.8. The lowest BCUT2D eigenvalue weighted by Crippen LogP contribution is -2.48. The summed E-state index contributed by atoms with van der Waals surface area (Å²) in [5.41, 5.74) is 0.448. The summed E-state index contributed by atoms with van der Waals surface area (Å²) in [6.07, 6.45) is 6.96. The van der Waals surface area contributed by atoms with Crippen molar-refractivity contribution in [1.82, 2.24) is 19.9 Å². The van der Waals surface area contributed by atoms with Gasteiger partial charge in [-0.05, 0) is 25.0 Å². The van der Waals surface area contributed by atoms with E-state index in [0.717, 1.165) is 31.7 Å². The topological polar surface area (TPSA) is 63.1 Å². The molecule has 2 aromatic rings. The molecule has 1 atom stereocenters. The highest BCUT2D eigenvalue weighted by Crippen LogP contribution is 2.19. The summed E-state index contributed by atoms with van der Waals surface area (Å²) in [6.45, 7) is 1.68. The number of rotatable bonds is 3. The second-order valence-corrected chi connectivity index (χ2v) is 5.95. The molecule has 1 saturated heterocycles. The van der Waals surface area contributed by atoms with Crippen molar-refractivity contribution in [2.75, 3.05) is 18.0 Å². The Hall–Kier alpha value is -2.08. The normalized spacial score (nSPS) is 18.3. The number of aryl methyl sites for hydroxylation is 1. The highest BCUT2D eigenvalue weighted by Gasteiger charge is 2.23. The number of carbonyl (C=O) groups is 1. The molecule has 116 valence electrons. The molecule has 0 aliphatic carbocycles. The summed E-state index contributed by atoms with van der Waals surface area (Å²) in [5.74, 6) is 0.762. The van der Waals surface area contributed by atoms with E-state index in [1.54, 1.807) is 23.3 Å². The fourth-order valence-corrected chi connectivity index (χ4v) is 2.76. The van der Waals surface area contributed by atoms with E-state index in [-0.39, 0.29) is 11.9 Å². The van der Waals surface area contributed by atoms with Crippen molar-refractivity contribution in [2.45, 2.75) is 18.9 Å². The van der Waals surface area contributed by atoms with Crippen LogP contribution in [0.3, 0.4) is 0 Å². The summed E-state index contributed by atoms with van der Waals surface area (Å²) >= 11 is 5.87. The van der Waals surface area contributed by atoms with E-state index in [2.05, 4.69) is 20.2 Å². The number of hydrogen-bond acceptors (Lipinski definition) is 4. The van der Waals surface area contributed by atoms with Crippen molar-refractivity contribution in [3.05, 3.63) is 41.6 Å². The van der Waals surface area contributed by atoms with Crippen molar-refractivity contribution < 1.29 is 4.79 Å². The first-order chi connectivity index (χ1) is 10.6. The van der Waals surface area contributed by atoms with E-state index in [9.17, 15) is 4.79 Å². The third-order valence-electron chi connectivity index (χ3n) is 3.73. The molecular formula is C15H18ClN5O. The molecule has 1 N–H and O–H groups in total. The van der Waals surface area contributed by atoms with Crippen LogP contribution in [-0.2, 0) is 7.05 Å². The molecule has 6 nitrogen and oxygen atoms in total. The third kappa shape index (κ3) is 3.39. The summed E-state index contributed by atoms with van der Waals surface area (Å²) in [5, 5.41) is 3.68. The second-order valence-electron chi connectivity index (χ2n) is 5.52. The number of aromatic nitrogens is 3. The number of nitrogens with zero attached hydrogens (tertiary/aromatic N) is 4. The number of anilines is 1. The number of imidazole rings is 1. The van der Waals surface area contributed by atoms with Crippen LogP contribution in [-0.4, -0.2) is 39.6 Å². The van der Waals surface area contributed by atoms with Crippen LogP contribution in [0.2, 0.25) is 5.02 Å². The maximum absolute atomic E-state index is 12.2. The zero-order chi connectivity index (χ0) is 15.5. The van der Waals surface area contributed by atoms with Crippen LogP contribution in [0.1, 0.15) is 23.3 Å². The molecule has 3 heterocycles. The summed E-state index contributed by atoms with van der Waals surface area (Å²) in [6, 6.07) is 3.84. The minimum atomic E-state index is -0.128. The molecule has 0 radical (unpaired) electrons. The van der Waals surface area contributed by atoms with Gasteiger partial charge in [-0.1, -0.05) is 11.6 Å². The van der Waals surface area contributed by atoms with Crippen molar-refractivity contribution in [2.24, 2.45) is 7.05 Å². The standard InChI is InChI=1S/C15H18ClN5O/c1-20-9-13(18-10-20)15(22)19-12-3-2-6-21(8-12)14-5-4-11(16)7-17-14/h4-5,7,9-10,12H,2-3,6,8H2,1H3,(H,19,22). The average Bonchev–Trinajstić information content (AvgIpc) is 2.95. The van der Waals surface area contributed by atoms with E-state index >= 15 is 0 Å². The predicted octanol–water partition coefficient (Wildman–Crippen LogP) is 1.87. The van der Waals surface area contributed by atoms with Crippen LogP contribution in [0, 0.1) is 0 Å². The molecule has 1 amide bonds. The number of pyridine rings is 1. The first-order valence-electron chi connectivity index (χ1n) is 7.27. The lowest BCUT2D eigenvalue weighted by molar-refractivity contribution is 0.0928. The minimum absolute atomic E-state index is 0.0979. The van der Waals surface area contributed by atoms with Crippen LogP contribution in [0.5, 0.6) is 0 Å². The van der Waals surface area contributed by atoms with Crippen LogP contribution < -0.4 is 10.2 Å². The van der Waals surface area contributed by atoms with Gasteiger partial charge in [0, 0.05) is 38.6 Å². The Morgan fingerprint density at radius 3 is 2.95 bits per heavy atom. The maximum atomic E-state index is 12.2. The van der Waals surface area contributed by atoms with Crippen molar-refractivity contribution in [3.63, 3.8) is 0 Å². The van der Waals surface area contributed by atoms with Crippen LogP contribution in [0.4, 0.5) is 5.82 Å². The van der Waals surface area contributed by atoms with Gasteiger partial charge in [-0.3, -0.25) is 4.79 Å². The summed E-state index contributed by atoms with van der Waals surface area (Å²) in [4.78, 5) is 22.8. The number of halogens is 1. The first-order valence-corrected chi connectivity index (χ1v) is 7.65. The number of piperidine rings is 1.